The average Bonchev–Trinajstić information content (AvgIpc) is 2.27. The Morgan fingerprint density at radius 2 is 2.21 bits per heavy atom. The molecule has 0 aromatic carbocycles. The minimum absolute atomic E-state index is 0.369. The summed E-state index contributed by atoms with van der Waals surface area (Å²) >= 11 is 3.23. The Morgan fingerprint density at radius 1 is 1.50 bits per heavy atom. The summed E-state index contributed by atoms with van der Waals surface area (Å²) in [5, 5.41) is 0. The minimum atomic E-state index is -0.369. The molecule has 0 unspecified atom stereocenters. The highest BCUT2D eigenvalue weighted by Gasteiger charge is 2.18. The molecule has 76 valence electrons. The Hall–Kier alpha value is -1.03. The molecule has 4 heteroatoms. The van der Waals surface area contributed by atoms with Gasteiger partial charge in [0.25, 0.3) is 0 Å². The van der Waals surface area contributed by atoms with Crippen LogP contribution in [-0.2, 0) is 14.3 Å². The lowest BCUT2D eigenvalue weighted by Gasteiger charge is -2.14. The zero-order valence-electron chi connectivity index (χ0n) is 8.04. The van der Waals surface area contributed by atoms with Gasteiger partial charge in [0.1, 0.15) is 5.76 Å². The van der Waals surface area contributed by atoms with Crippen molar-refractivity contribution in [2.45, 2.75) is 6.42 Å². The molecule has 0 bridgehead atoms. The van der Waals surface area contributed by atoms with Crippen LogP contribution in [0.2, 0.25) is 0 Å². The molecule has 0 aromatic heterocycles. The summed E-state index contributed by atoms with van der Waals surface area (Å²) in [6.45, 7) is 0. The average molecular weight is 259 g/mol. The molecule has 14 heavy (non-hydrogen) atoms. The fourth-order valence-electron chi connectivity index (χ4n) is 1.17. The third-order valence-electron chi connectivity index (χ3n) is 1.92. The van der Waals surface area contributed by atoms with E-state index in [0.717, 1.165) is 5.57 Å². The summed E-state index contributed by atoms with van der Waals surface area (Å²) in [5.41, 5.74) is 1.53. The number of allylic oxidation sites excluding steroid dienone is 2. The molecule has 1 aliphatic carbocycles. The van der Waals surface area contributed by atoms with Gasteiger partial charge in [-0.15, -0.1) is 0 Å². The molecule has 0 saturated carbocycles. The number of carbonyl (C=O) groups excluding carboxylic acids is 1. The molecule has 0 atom stereocenters. The molecule has 1 rings (SSSR count). The maximum Gasteiger partial charge on any atom is 0.341 e. The molecule has 3 nitrogen and oxygen atoms in total. The largest absolute Gasteiger partial charge is 0.500 e. The van der Waals surface area contributed by atoms with E-state index >= 15 is 0 Å². The lowest BCUT2D eigenvalue weighted by Crippen LogP contribution is -2.10. The van der Waals surface area contributed by atoms with Crippen LogP contribution in [0.3, 0.4) is 0 Å². The van der Waals surface area contributed by atoms with Gasteiger partial charge in [-0.05, 0) is 16.6 Å². The van der Waals surface area contributed by atoms with Crippen LogP contribution in [0.4, 0.5) is 0 Å². The summed E-state index contributed by atoms with van der Waals surface area (Å²) in [7, 11) is 2.90. The first-order valence-electron chi connectivity index (χ1n) is 4.05. The van der Waals surface area contributed by atoms with Gasteiger partial charge < -0.3 is 9.47 Å². The van der Waals surface area contributed by atoms with E-state index in [9.17, 15) is 4.79 Å². The summed E-state index contributed by atoms with van der Waals surface area (Å²) in [6, 6.07) is 0. The standard InChI is InChI=1S/C10H11BrO3/c1-13-9-5-7(6-11)3-4-8(9)10(12)14-2/h3-4,6H,5H2,1-2H3. The van der Waals surface area contributed by atoms with Crippen molar-refractivity contribution in [1.29, 1.82) is 0 Å². The first kappa shape index (κ1) is 11.0. The predicted molar refractivity (Wildman–Crippen MR) is 56.8 cm³/mol. The molecule has 0 radical (unpaired) electrons. The first-order chi connectivity index (χ1) is 6.72. The SMILES string of the molecule is COC(=O)C1=C(OC)CC(=CBr)C=C1. The van der Waals surface area contributed by atoms with Crippen LogP contribution >= 0.6 is 15.9 Å². The van der Waals surface area contributed by atoms with Crippen molar-refractivity contribution in [3.8, 4) is 0 Å². The molecule has 0 aromatic rings. The van der Waals surface area contributed by atoms with E-state index in [0.29, 0.717) is 17.8 Å². The van der Waals surface area contributed by atoms with E-state index in [4.69, 9.17) is 4.74 Å². The molecule has 0 fully saturated rings. The van der Waals surface area contributed by atoms with Gasteiger partial charge in [-0.1, -0.05) is 22.0 Å². The number of hydrogen-bond donors (Lipinski definition) is 0. The van der Waals surface area contributed by atoms with Crippen molar-refractivity contribution in [2.75, 3.05) is 14.2 Å². The van der Waals surface area contributed by atoms with Crippen LogP contribution in [-0.4, -0.2) is 20.2 Å². The lowest BCUT2D eigenvalue weighted by molar-refractivity contribution is -0.136. The lowest BCUT2D eigenvalue weighted by atomic mass is 10.0. The maximum atomic E-state index is 11.3. The summed E-state index contributed by atoms with van der Waals surface area (Å²) < 4.78 is 9.76. The molecule has 0 saturated heterocycles. The summed E-state index contributed by atoms with van der Waals surface area (Å²) in [4.78, 5) is 13.1. The monoisotopic (exact) mass is 258 g/mol. The molecule has 0 amide bonds. The van der Waals surface area contributed by atoms with E-state index in [-0.39, 0.29) is 5.97 Å². The van der Waals surface area contributed by atoms with Crippen molar-refractivity contribution < 1.29 is 14.3 Å². The highest BCUT2D eigenvalue weighted by Crippen LogP contribution is 2.24. The van der Waals surface area contributed by atoms with Gasteiger partial charge in [0.05, 0.1) is 19.8 Å². The third-order valence-corrected chi connectivity index (χ3v) is 2.51. The van der Waals surface area contributed by atoms with Gasteiger partial charge in [-0.3, -0.25) is 0 Å². The molecule has 0 spiro atoms. The molecule has 1 aliphatic rings. The van der Waals surface area contributed by atoms with Gasteiger partial charge in [0, 0.05) is 6.42 Å². The maximum absolute atomic E-state index is 11.3. The summed E-state index contributed by atoms with van der Waals surface area (Å²) in [6.07, 6.45) is 4.15. The van der Waals surface area contributed by atoms with E-state index in [1.54, 1.807) is 18.2 Å². The van der Waals surface area contributed by atoms with Gasteiger partial charge >= 0.3 is 5.97 Å². The second kappa shape index (κ2) is 5.00. The predicted octanol–water partition coefficient (Wildman–Crippen LogP) is 2.30. The Bertz CT molecular complexity index is 326. The van der Waals surface area contributed by atoms with Crippen molar-refractivity contribution in [1.82, 2.24) is 0 Å². The molecule has 0 N–H and O–H groups in total. The third kappa shape index (κ3) is 2.26. The number of ether oxygens (including phenoxy) is 2. The van der Waals surface area contributed by atoms with Gasteiger partial charge in [0.2, 0.25) is 0 Å². The van der Waals surface area contributed by atoms with Crippen molar-refractivity contribution in [2.24, 2.45) is 0 Å². The number of esters is 1. The highest BCUT2D eigenvalue weighted by molar-refractivity contribution is 9.11. The number of rotatable bonds is 2. The number of halogens is 1. The van der Waals surface area contributed by atoms with E-state index in [1.807, 2.05) is 6.08 Å². The molecule has 0 heterocycles. The van der Waals surface area contributed by atoms with Crippen molar-refractivity contribution in [3.05, 3.63) is 34.0 Å². The fourth-order valence-corrected chi connectivity index (χ4v) is 1.49. The van der Waals surface area contributed by atoms with Crippen LogP contribution in [0.15, 0.2) is 34.0 Å². The number of carbonyl (C=O) groups is 1. The first-order valence-corrected chi connectivity index (χ1v) is 4.97. The number of hydrogen-bond acceptors (Lipinski definition) is 3. The molecular formula is C10H11BrO3. The Labute approximate surface area is 91.2 Å². The van der Waals surface area contributed by atoms with E-state index in [2.05, 4.69) is 20.7 Å². The quantitative estimate of drug-likeness (QED) is 0.714. The minimum Gasteiger partial charge on any atom is -0.500 e. The van der Waals surface area contributed by atoms with Crippen LogP contribution in [0, 0.1) is 0 Å². The molecule has 0 aliphatic heterocycles. The highest BCUT2D eigenvalue weighted by atomic mass is 79.9. The Balaban J connectivity index is 2.98. The Morgan fingerprint density at radius 3 is 2.71 bits per heavy atom. The van der Waals surface area contributed by atoms with E-state index in [1.165, 1.54) is 7.11 Å². The Kier molecular flexibility index (Phi) is 3.95. The van der Waals surface area contributed by atoms with Gasteiger partial charge in [-0.25, -0.2) is 4.79 Å². The van der Waals surface area contributed by atoms with Gasteiger partial charge in [0.15, 0.2) is 0 Å². The van der Waals surface area contributed by atoms with Crippen LogP contribution in [0.5, 0.6) is 0 Å². The van der Waals surface area contributed by atoms with Crippen molar-refractivity contribution in [3.63, 3.8) is 0 Å². The number of methoxy groups -OCH3 is 2. The second-order valence-electron chi connectivity index (χ2n) is 2.73. The van der Waals surface area contributed by atoms with Crippen molar-refractivity contribution >= 4 is 21.9 Å². The normalized spacial score (nSPS) is 18.6. The van der Waals surface area contributed by atoms with Gasteiger partial charge in [-0.2, -0.15) is 0 Å². The summed E-state index contributed by atoms with van der Waals surface area (Å²) in [5.74, 6) is 0.261. The van der Waals surface area contributed by atoms with Crippen LogP contribution in [0.1, 0.15) is 6.42 Å². The van der Waals surface area contributed by atoms with Crippen LogP contribution in [0.25, 0.3) is 0 Å². The smallest absolute Gasteiger partial charge is 0.341 e. The zero-order valence-corrected chi connectivity index (χ0v) is 9.63. The second-order valence-corrected chi connectivity index (χ2v) is 3.18. The fraction of sp³-hybridized carbons (Fsp3) is 0.300. The van der Waals surface area contributed by atoms with Crippen LogP contribution < -0.4 is 0 Å². The zero-order chi connectivity index (χ0) is 10.6. The van der Waals surface area contributed by atoms with E-state index < -0.39 is 0 Å². The topological polar surface area (TPSA) is 35.5 Å². The molecular weight excluding hydrogens is 248 g/mol.